The highest BCUT2D eigenvalue weighted by Gasteiger charge is 2.25. The van der Waals surface area contributed by atoms with Gasteiger partial charge in [-0.1, -0.05) is 26.7 Å². The molecule has 0 saturated carbocycles. The molecule has 0 bridgehead atoms. The van der Waals surface area contributed by atoms with Gasteiger partial charge in [0.15, 0.2) is 0 Å². The smallest absolute Gasteiger partial charge is 0.0595 e. The van der Waals surface area contributed by atoms with Gasteiger partial charge in [0.1, 0.15) is 0 Å². The first-order valence-corrected chi connectivity index (χ1v) is 7.59. The van der Waals surface area contributed by atoms with Crippen LogP contribution < -0.4 is 10.6 Å². The molecule has 0 aromatic carbocycles. The number of nitrogens with one attached hydrogen (secondary N) is 2. The summed E-state index contributed by atoms with van der Waals surface area (Å²) in [6.07, 6.45) is 6.14. The molecule has 0 spiro atoms. The van der Waals surface area contributed by atoms with Gasteiger partial charge in [0.2, 0.25) is 0 Å². The summed E-state index contributed by atoms with van der Waals surface area (Å²) in [6, 6.07) is 0. The lowest BCUT2D eigenvalue weighted by Gasteiger charge is -2.42. The van der Waals surface area contributed by atoms with Crippen molar-refractivity contribution in [3.05, 3.63) is 0 Å². The topological polar surface area (TPSA) is 30.5 Å². The van der Waals surface area contributed by atoms with Crippen LogP contribution in [0.5, 0.6) is 0 Å². The van der Waals surface area contributed by atoms with Crippen LogP contribution in [-0.2, 0) is 0 Å². The van der Waals surface area contributed by atoms with Crippen molar-refractivity contribution in [3.8, 4) is 0 Å². The van der Waals surface area contributed by atoms with E-state index in [1.807, 2.05) is 0 Å². The van der Waals surface area contributed by atoms with Crippen molar-refractivity contribution in [2.24, 2.45) is 0 Å². The maximum Gasteiger partial charge on any atom is 0.0595 e. The van der Waals surface area contributed by atoms with Crippen LogP contribution in [0.1, 0.15) is 39.5 Å². The lowest BCUT2D eigenvalue weighted by molar-refractivity contribution is 0.0471. The Labute approximate surface area is 113 Å². The van der Waals surface area contributed by atoms with Crippen molar-refractivity contribution >= 4 is 0 Å². The molecule has 0 aliphatic carbocycles. The molecule has 1 fully saturated rings. The summed E-state index contributed by atoms with van der Waals surface area (Å²) in [6.45, 7) is 9.28. The minimum atomic E-state index is 0.566. The molecule has 1 rings (SSSR count). The maximum absolute atomic E-state index is 3.45. The number of hydrogen-bond acceptors (Lipinski definition) is 4. The summed E-state index contributed by atoms with van der Waals surface area (Å²) >= 11 is 0. The zero-order valence-electron chi connectivity index (χ0n) is 12.7. The fourth-order valence-electron chi connectivity index (χ4n) is 2.93. The van der Waals surface area contributed by atoms with Crippen LogP contribution in [0.25, 0.3) is 0 Å². The van der Waals surface area contributed by atoms with Crippen LogP contribution >= 0.6 is 0 Å². The Hall–Kier alpha value is -0.160. The summed E-state index contributed by atoms with van der Waals surface area (Å²) in [5, 5.41) is 6.90. The fourth-order valence-corrected chi connectivity index (χ4v) is 2.93. The molecule has 108 valence electrons. The largest absolute Gasteiger partial charge is 0.305 e. The molecule has 4 heteroatoms. The molecule has 2 unspecified atom stereocenters. The average Bonchev–Trinajstić information content (AvgIpc) is 2.42. The summed E-state index contributed by atoms with van der Waals surface area (Å²) < 4.78 is 0. The van der Waals surface area contributed by atoms with Crippen molar-refractivity contribution < 1.29 is 0 Å². The van der Waals surface area contributed by atoms with Crippen LogP contribution in [0.3, 0.4) is 0 Å². The van der Waals surface area contributed by atoms with Crippen molar-refractivity contribution in [1.29, 1.82) is 0 Å². The second-order valence-corrected chi connectivity index (χ2v) is 5.26. The van der Waals surface area contributed by atoms with Gasteiger partial charge in [-0.25, -0.2) is 0 Å². The molecule has 0 radical (unpaired) electrons. The second kappa shape index (κ2) is 8.86. The first kappa shape index (κ1) is 15.9. The van der Waals surface area contributed by atoms with Crippen molar-refractivity contribution in [2.45, 2.75) is 51.9 Å². The monoisotopic (exact) mass is 256 g/mol. The lowest BCUT2D eigenvalue weighted by atomic mass is 10.2. The van der Waals surface area contributed by atoms with Crippen LogP contribution in [0, 0.1) is 0 Å². The first-order chi connectivity index (χ1) is 8.76. The molecule has 0 aromatic heterocycles. The third-order valence-corrected chi connectivity index (χ3v) is 4.02. The highest BCUT2D eigenvalue weighted by atomic mass is 15.4. The second-order valence-electron chi connectivity index (χ2n) is 5.26. The average molecular weight is 256 g/mol. The normalized spacial score (nSPS) is 22.0. The molecule has 18 heavy (non-hydrogen) atoms. The number of nitrogens with zero attached hydrogens (tertiary/aromatic N) is 2. The van der Waals surface area contributed by atoms with Gasteiger partial charge in [-0.2, -0.15) is 0 Å². The van der Waals surface area contributed by atoms with E-state index in [0.29, 0.717) is 12.3 Å². The van der Waals surface area contributed by atoms with Gasteiger partial charge in [0, 0.05) is 26.2 Å². The predicted molar refractivity (Wildman–Crippen MR) is 78.7 cm³/mol. The van der Waals surface area contributed by atoms with Gasteiger partial charge < -0.3 is 10.6 Å². The zero-order valence-corrected chi connectivity index (χ0v) is 12.7. The Morgan fingerprint density at radius 1 is 0.778 bits per heavy atom. The van der Waals surface area contributed by atoms with Crippen LogP contribution in [0.4, 0.5) is 0 Å². The van der Waals surface area contributed by atoms with Gasteiger partial charge in [-0.15, -0.1) is 0 Å². The first-order valence-electron chi connectivity index (χ1n) is 7.59. The molecular formula is C14H32N4. The Morgan fingerprint density at radius 3 is 1.33 bits per heavy atom. The van der Waals surface area contributed by atoms with E-state index < -0.39 is 0 Å². The molecule has 1 aliphatic rings. The van der Waals surface area contributed by atoms with E-state index in [-0.39, 0.29) is 0 Å². The van der Waals surface area contributed by atoms with E-state index in [9.17, 15) is 0 Å². The molecule has 1 heterocycles. The fraction of sp³-hybridized carbons (Fsp3) is 1.00. The Balaban J connectivity index is 2.39. The molecular weight excluding hydrogens is 224 g/mol. The zero-order chi connectivity index (χ0) is 13.4. The maximum atomic E-state index is 3.45. The van der Waals surface area contributed by atoms with E-state index in [2.05, 4.69) is 48.4 Å². The van der Waals surface area contributed by atoms with E-state index in [0.717, 1.165) is 0 Å². The lowest BCUT2D eigenvalue weighted by Crippen LogP contribution is -2.58. The third kappa shape index (κ3) is 4.50. The number of piperazine rings is 1. The molecule has 0 amide bonds. The summed E-state index contributed by atoms with van der Waals surface area (Å²) in [5.74, 6) is 0. The van der Waals surface area contributed by atoms with Gasteiger partial charge >= 0.3 is 0 Å². The quantitative estimate of drug-likeness (QED) is 0.685. The number of rotatable bonds is 8. The summed E-state index contributed by atoms with van der Waals surface area (Å²) in [5.41, 5.74) is 0. The highest BCUT2D eigenvalue weighted by molar-refractivity contribution is 4.79. The SMILES string of the molecule is CCCC(NC)N1CCN(C(CCC)NC)CC1. The van der Waals surface area contributed by atoms with Crippen molar-refractivity contribution in [2.75, 3.05) is 40.3 Å². The molecule has 1 saturated heterocycles. The Kier molecular flexibility index (Phi) is 7.82. The summed E-state index contributed by atoms with van der Waals surface area (Å²) in [7, 11) is 4.17. The molecule has 4 nitrogen and oxygen atoms in total. The standard InChI is InChI=1S/C14H32N4/c1-5-7-13(15-3)17-9-11-18(12-10-17)14(16-4)8-6-2/h13-16H,5-12H2,1-4H3. The van der Waals surface area contributed by atoms with Gasteiger partial charge in [-0.3, -0.25) is 9.80 Å². The minimum Gasteiger partial charge on any atom is -0.305 e. The van der Waals surface area contributed by atoms with Crippen LogP contribution in [0.2, 0.25) is 0 Å². The Bertz CT molecular complexity index is 180. The molecule has 2 N–H and O–H groups in total. The van der Waals surface area contributed by atoms with Gasteiger partial charge in [0.25, 0.3) is 0 Å². The Morgan fingerprint density at radius 2 is 1.11 bits per heavy atom. The highest BCUT2D eigenvalue weighted by Crippen LogP contribution is 2.12. The van der Waals surface area contributed by atoms with E-state index in [1.54, 1.807) is 0 Å². The van der Waals surface area contributed by atoms with Crippen LogP contribution in [0.15, 0.2) is 0 Å². The molecule has 1 aliphatic heterocycles. The molecule has 2 atom stereocenters. The van der Waals surface area contributed by atoms with E-state index in [1.165, 1.54) is 51.9 Å². The van der Waals surface area contributed by atoms with Crippen molar-refractivity contribution in [1.82, 2.24) is 20.4 Å². The van der Waals surface area contributed by atoms with Gasteiger partial charge in [-0.05, 0) is 26.9 Å². The van der Waals surface area contributed by atoms with E-state index in [4.69, 9.17) is 0 Å². The van der Waals surface area contributed by atoms with Crippen molar-refractivity contribution in [3.63, 3.8) is 0 Å². The van der Waals surface area contributed by atoms with Gasteiger partial charge in [0.05, 0.1) is 12.3 Å². The number of hydrogen-bond donors (Lipinski definition) is 2. The van der Waals surface area contributed by atoms with Crippen LogP contribution in [-0.4, -0.2) is 62.4 Å². The third-order valence-electron chi connectivity index (χ3n) is 4.02. The predicted octanol–water partition coefficient (Wildman–Crippen LogP) is 1.30. The molecule has 0 aromatic rings. The van der Waals surface area contributed by atoms with E-state index >= 15 is 0 Å². The minimum absolute atomic E-state index is 0.566. The summed E-state index contributed by atoms with van der Waals surface area (Å²) in [4.78, 5) is 5.19.